The monoisotopic (exact) mass is 248 g/mol. The van der Waals surface area contributed by atoms with Crippen molar-refractivity contribution in [3.63, 3.8) is 0 Å². The number of nitrogens with one attached hydrogen (secondary N) is 1. The average Bonchev–Trinajstić information content (AvgIpc) is 2.82. The zero-order valence-electron chi connectivity index (χ0n) is 9.44. The highest BCUT2D eigenvalue weighted by Gasteiger charge is 2.70. The third-order valence-electron chi connectivity index (χ3n) is 4.46. The molecule has 3 rings (SSSR count). The standard InChI is InChI=1S/C11H15F3N2O/c12-11(13,14)10(5-6-10)16-7-15-9(8(16)17)3-1-2-4-9/h15H,1-7H2. The van der Waals surface area contributed by atoms with Crippen LogP contribution in [0.5, 0.6) is 0 Å². The van der Waals surface area contributed by atoms with E-state index in [1.165, 1.54) is 0 Å². The molecule has 0 radical (unpaired) electrons. The largest absolute Gasteiger partial charge is 0.411 e. The summed E-state index contributed by atoms with van der Waals surface area (Å²) in [7, 11) is 0. The van der Waals surface area contributed by atoms with Crippen LogP contribution in [0.2, 0.25) is 0 Å². The van der Waals surface area contributed by atoms with Gasteiger partial charge in [0.05, 0.1) is 12.2 Å². The molecule has 1 heterocycles. The van der Waals surface area contributed by atoms with Crippen molar-refractivity contribution in [1.29, 1.82) is 0 Å². The highest BCUT2D eigenvalue weighted by Crippen LogP contribution is 2.55. The van der Waals surface area contributed by atoms with Crippen LogP contribution in [-0.4, -0.2) is 34.7 Å². The van der Waals surface area contributed by atoms with E-state index >= 15 is 0 Å². The van der Waals surface area contributed by atoms with Crippen LogP contribution in [0.25, 0.3) is 0 Å². The Morgan fingerprint density at radius 3 is 2.18 bits per heavy atom. The summed E-state index contributed by atoms with van der Waals surface area (Å²) in [5.74, 6) is -0.329. The molecular weight excluding hydrogens is 233 g/mol. The van der Waals surface area contributed by atoms with Gasteiger partial charge in [-0.15, -0.1) is 0 Å². The molecule has 3 nitrogen and oxygen atoms in total. The van der Waals surface area contributed by atoms with Gasteiger partial charge in [-0.3, -0.25) is 10.1 Å². The van der Waals surface area contributed by atoms with Crippen LogP contribution in [0.1, 0.15) is 38.5 Å². The van der Waals surface area contributed by atoms with Gasteiger partial charge in [0, 0.05) is 0 Å². The Labute approximate surface area is 97.3 Å². The summed E-state index contributed by atoms with van der Waals surface area (Å²) >= 11 is 0. The maximum Gasteiger partial charge on any atom is 0.411 e. The highest BCUT2D eigenvalue weighted by atomic mass is 19.4. The minimum absolute atomic E-state index is 0.0539. The average molecular weight is 248 g/mol. The molecule has 0 unspecified atom stereocenters. The quantitative estimate of drug-likeness (QED) is 0.767. The Morgan fingerprint density at radius 1 is 1.12 bits per heavy atom. The van der Waals surface area contributed by atoms with Gasteiger partial charge in [-0.25, -0.2) is 0 Å². The Kier molecular flexibility index (Phi) is 2.10. The first-order chi connectivity index (χ1) is 7.91. The minimum atomic E-state index is -4.30. The second-order valence-corrected chi connectivity index (χ2v) is 5.39. The number of amides is 1. The first-order valence-electron chi connectivity index (χ1n) is 6.05. The van der Waals surface area contributed by atoms with Crippen LogP contribution < -0.4 is 5.32 Å². The van der Waals surface area contributed by atoms with Gasteiger partial charge in [0.1, 0.15) is 5.54 Å². The van der Waals surface area contributed by atoms with Crippen LogP contribution in [0.15, 0.2) is 0 Å². The Bertz CT molecular complexity index is 356. The number of carbonyl (C=O) groups is 1. The third-order valence-corrected chi connectivity index (χ3v) is 4.46. The Hall–Kier alpha value is -0.780. The number of rotatable bonds is 1. The molecule has 1 N–H and O–H groups in total. The zero-order chi connectivity index (χ0) is 12.3. The van der Waals surface area contributed by atoms with Crippen molar-refractivity contribution in [2.75, 3.05) is 6.67 Å². The minimum Gasteiger partial charge on any atom is -0.313 e. The highest BCUT2D eigenvalue weighted by molar-refractivity contribution is 5.89. The van der Waals surface area contributed by atoms with Crippen LogP contribution in [0.4, 0.5) is 13.2 Å². The molecule has 0 aromatic rings. The molecule has 0 bridgehead atoms. The number of nitrogens with zero attached hydrogens (tertiary/aromatic N) is 1. The van der Waals surface area contributed by atoms with E-state index < -0.39 is 17.3 Å². The zero-order valence-corrected chi connectivity index (χ0v) is 9.44. The van der Waals surface area contributed by atoms with E-state index in [0.717, 1.165) is 17.7 Å². The van der Waals surface area contributed by atoms with Gasteiger partial charge in [0.25, 0.3) is 0 Å². The molecular formula is C11H15F3N2O. The number of alkyl halides is 3. The van der Waals surface area contributed by atoms with Crippen molar-refractivity contribution in [2.45, 2.75) is 55.8 Å². The normalized spacial score (nSPS) is 30.3. The SMILES string of the molecule is O=C1N(C2(C(F)(F)F)CC2)CNC12CCCC2. The summed E-state index contributed by atoms with van der Waals surface area (Å²) < 4.78 is 38.9. The lowest BCUT2D eigenvalue weighted by Gasteiger charge is -2.30. The van der Waals surface area contributed by atoms with Crippen LogP contribution >= 0.6 is 0 Å². The molecule has 1 amide bonds. The van der Waals surface area contributed by atoms with E-state index in [0.29, 0.717) is 12.8 Å². The van der Waals surface area contributed by atoms with E-state index in [9.17, 15) is 18.0 Å². The molecule has 0 aromatic heterocycles. The van der Waals surface area contributed by atoms with Crippen molar-refractivity contribution in [2.24, 2.45) is 0 Å². The number of hydrogen-bond donors (Lipinski definition) is 1. The summed E-state index contributed by atoms with van der Waals surface area (Å²) in [5, 5.41) is 3.03. The van der Waals surface area contributed by atoms with E-state index in [2.05, 4.69) is 5.32 Å². The predicted octanol–water partition coefficient (Wildman–Crippen LogP) is 1.78. The maximum absolute atomic E-state index is 13.0. The lowest BCUT2D eigenvalue weighted by molar-refractivity contribution is -0.197. The molecule has 3 aliphatic rings. The lowest BCUT2D eigenvalue weighted by Crippen LogP contribution is -2.52. The molecule has 1 aliphatic heterocycles. The maximum atomic E-state index is 13.0. The fraction of sp³-hybridized carbons (Fsp3) is 0.909. The predicted molar refractivity (Wildman–Crippen MR) is 54.1 cm³/mol. The molecule has 2 aliphatic carbocycles. The van der Waals surface area contributed by atoms with Gasteiger partial charge in [-0.2, -0.15) is 13.2 Å². The third kappa shape index (κ3) is 1.36. The van der Waals surface area contributed by atoms with Crippen LogP contribution in [-0.2, 0) is 4.79 Å². The summed E-state index contributed by atoms with van der Waals surface area (Å²) in [6.07, 6.45) is -0.988. The fourth-order valence-electron chi connectivity index (χ4n) is 3.18. The van der Waals surface area contributed by atoms with E-state index in [1.54, 1.807) is 0 Å². The fourth-order valence-corrected chi connectivity index (χ4v) is 3.18. The number of hydrogen-bond acceptors (Lipinski definition) is 2. The van der Waals surface area contributed by atoms with Gasteiger partial charge in [0.2, 0.25) is 5.91 Å². The lowest BCUT2D eigenvalue weighted by atomic mass is 9.97. The summed E-state index contributed by atoms with van der Waals surface area (Å²) in [5.41, 5.74) is -2.54. The van der Waals surface area contributed by atoms with E-state index in [4.69, 9.17) is 0 Å². The summed E-state index contributed by atoms with van der Waals surface area (Å²) in [6, 6.07) is 0. The first kappa shape index (κ1) is 11.3. The molecule has 17 heavy (non-hydrogen) atoms. The van der Waals surface area contributed by atoms with Gasteiger partial charge in [0.15, 0.2) is 0 Å². The molecule has 6 heteroatoms. The van der Waals surface area contributed by atoms with Gasteiger partial charge in [-0.05, 0) is 25.7 Å². The number of carbonyl (C=O) groups excluding carboxylic acids is 1. The van der Waals surface area contributed by atoms with Gasteiger partial charge in [-0.1, -0.05) is 12.8 Å². The Morgan fingerprint density at radius 2 is 1.71 bits per heavy atom. The van der Waals surface area contributed by atoms with Crippen LogP contribution in [0.3, 0.4) is 0 Å². The van der Waals surface area contributed by atoms with Crippen LogP contribution in [0, 0.1) is 0 Å². The smallest absolute Gasteiger partial charge is 0.313 e. The second-order valence-electron chi connectivity index (χ2n) is 5.39. The van der Waals surface area contributed by atoms with Crippen molar-refractivity contribution < 1.29 is 18.0 Å². The topological polar surface area (TPSA) is 32.3 Å². The number of halogens is 3. The Balaban J connectivity index is 1.86. The molecule has 0 atom stereocenters. The van der Waals surface area contributed by atoms with Crippen molar-refractivity contribution in [1.82, 2.24) is 10.2 Å². The summed E-state index contributed by atoms with van der Waals surface area (Å²) in [6.45, 7) is 0.0539. The molecule has 96 valence electrons. The van der Waals surface area contributed by atoms with Crippen molar-refractivity contribution >= 4 is 5.91 Å². The molecule has 3 fully saturated rings. The van der Waals surface area contributed by atoms with E-state index in [1.807, 2.05) is 0 Å². The molecule has 0 aromatic carbocycles. The molecule has 1 saturated heterocycles. The van der Waals surface area contributed by atoms with Gasteiger partial charge < -0.3 is 4.90 Å². The first-order valence-corrected chi connectivity index (χ1v) is 6.05. The van der Waals surface area contributed by atoms with Crippen molar-refractivity contribution in [3.05, 3.63) is 0 Å². The van der Waals surface area contributed by atoms with E-state index in [-0.39, 0.29) is 25.4 Å². The molecule has 2 saturated carbocycles. The second kappa shape index (κ2) is 3.16. The van der Waals surface area contributed by atoms with Crippen molar-refractivity contribution in [3.8, 4) is 0 Å². The summed E-state index contributed by atoms with van der Waals surface area (Å²) in [4.78, 5) is 13.3. The van der Waals surface area contributed by atoms with Gasteiger partial charge >= 0.3 is 6.18 Å². The molecule has 1 spiro atoms.